The third kappa shape index (κ3) is 3.43. The van der Waals surface area contributed by atoms with Crippen molar-refractivity contribution in [1.82, 2.24) is 9.55 Å². The molecule has 1 saturated carbocycles. The fourth-order valence-corrected chi connectivity index (χ4v) is 1.70. The van der Waals surface area contributed by atoms with E-state index in [4.69, 9.17) is 4.74 Å². The number of hydrogen-bond acceptors (Lipinski definition) is 4. The fourth-order valence-electron chi connectivity index (χ4n) is 1.70. The summed E-state index contributed by atoms with van der Waals surface area (Å²) in [4.78, 5) is 16.1. The van der Waals surface area contributed by atoms with Gasteiger partial charge in [-0.25, -0.2) is 4.98 Å². The van der Waals surface area contributed by atoms with E-state index in [-0.39, 0.29) is 5.56 Å². The number of hydrogen-bond donors (Lipinski definition) is 1. The quantitative estimate of drug-likeness (QED) is 0.561. The lowest BCUT2D eigenvalue weighted by atomic mass is 10.4. The molecule has 0 spiro atoms. The van der Waals surface area contributed by atoms with Crippen molar-refractivity contribution in [2.75, 3.05) is 25.1 Å². The number of aromatic nitrogens is 2. The van der Waals surface area contributed by atoms with E-state index < -0.39 is 0 Å². The molecule has 1 aliphatic carbocycles. The zero-order chi connectivity index (χ0) is 12.8. The number of rotatable bonds is 8. The van der Waals surface area contributed by atoms with Crippen LogP contribution in [0.15, 0.2) is 29.8 Å². The van der Waals surface area contributed by atoms with E-state index in [0.29, 0.717) is 31.6 Å². The van der Waals surface area contributed by atoms with Crippen molar-refractivity contribution < 1.29 is 4.74 Å². The normalized spacial score (nSPS) is 14.4. The highest BCUT2D eigenvalue weighted by Gasteiger charge is 2.25. The molecule has 0 aromatic carbocycles. The molecule has 1 aliphatic rings. The summed E-state index contributed by atoms with van der Waals surface area (Å²) in [6.07, 6.45) is 8.27. The van der Waals surface area contributed by atoms with Crippen molar-refractivity contribution in [3.63, 3.8) is 0 Å². The molecule has 1 fully saturated rings. The van der Waals surface area contributed by atoms with Crippen LogP contribution in [-0.2, 0) is 4.74 Å². The molecule has 98 valence electrons. The maximum atomic E-state index is 12.0. The maximum Gasteiger partial charge on any atom is 0.293 e. The minimum Gasteiger partial charge on any atom is -0.379 e. The second-order valence-corrected chi connectivity index (χ2v) is 4.34. The smallest absolute Gasteiger partial charge is 0.293 e. The van der Waals surface area contributed by atoms with Crippen LogP contribution in [0, 0.1) is 0 Å². The SMILES string of the molecule is C=CCCOCCNc1nccn(C2CC2)c1=O. The molecule has 5 heteroatoms. The Kier molecular flexibility index (Phi) is 4.52. The molecule has 0 unspecified atom stereocenters. The minimum absolute atomic E-state index is 0.0360. The molecule has 1 aromatic heterocycles. The lowest BCUT2D eigenvalue weighted by molar-refractivity contribution is 0.149. The summed E-state index contributed by atoms with van der Waals surface area (Å²) in [5.41, 5.74) is -0.0360. The Morgan fingerprint density at radius 3 is 3.11 bits per heavy atom. The van der Waals surface area contributed by atoms with Crippen LogP contribution in [0.3, 0.4) is 0 Å². The third-order valence-electron chi connectivity index (χ3n) is 2.81. The van der Waals surface area contributed by atoms with E-state index in [1.54, 1.807) is 17.0 Å². The van der Waals surface area contributed by atoms with Crippen molar-refractivity contribution >= 4 is 5.82 Å². The second-order valence-electron chi connectivity index (χ2n) is 4.34. The summed E-state index contributed by atoms with van der Waals surface area (Å²) in [5.74, 6) is 0.414. The molecule has 0 radical (unpaired) electrons. The monoisotopic (exact) mass is 249 g/mol. The zero-order valence-electron chi connectivity index (χ0n) is 10.5. The van der Waals surface area contributed by atoms with Crippen LogP contribution in [0.25, 0.3) is 0 Å². The first kappa shape index (κ1) is 12.8. The van der Waals surface area contributed by atoms with E-state index in [9.17, 15) is 4.79 Å². The number of anilines is 1. The van der Waals surface area contributed by atoms with Gasteiger partial charge in [-0.15, -0.1) is 6.58 Å². The van der Waals surface area contributed by atoms with Gasteiger partial charge in [0.15, 0.2) is 5.82 Å². The first-order valence-corrected chi connectivity index (χ1v) is 6.32. The van der Waals surface area contributed by atoms with E-state index in [2.05, 4.69) is 16.9 Å². The standard InChI is InChI=1S/C13H19N3O2/c1-2-3-9-18-10-7-15-12-13(17)16(8-6-14-12)11-4-5-11/h2,6,8,11H,1,3-5,7,9-10H2,(H,14,15). The zero-order valence-corrected chi connectivity index (χ0v) is 10.5. The molecular formula is C13H19N3O2. The van der Waals surface area contributed by atoms with Gasteiger partial charge in [-0.3, -0.25) is 4.79 Å². The molecule has 5 nitrogen and oxygen atoms in total. The molecule has 18 heavy (non-hydrogen) atoms. The predicted molar refractivity (Wildman–Crippen MR) is 70.9 cm³/mol. The highest BCUT2D eigenvalue weighted by atomic mass is 16.5. The lowest BCUT2D eigenvalue weighted by Crippen LogP contribution is -2.25. The molecule has 2 rings (SSSR count). The Bertz CT molecular complexity index is 452. The summed E-state index contributed by atoms with van der Waals surface area (Å²) >= 11 is 0. The summed E-state index contributed by atoms with van der Waals surface area (Å²) in [6.45, 7) is 5.44. The van der Waals surface area contributed by atoms with Gasteiger partial charge in [0.25, 0.3) is 5.56 Å². The molecule has 1 N–H and O–H groups in total. The maximum absolute atomic E-state index is 12.0. The number of nitrogens with one attached hydrogen (secondary N) is 1. The fraction of sp³-hybridized carbons (Fsp3) is 0.538. The van der Waals surface area contributed by atoms with Crippen LogP contribution in [0.1, 0.15) is 25.3 Å². The molecule has 0 aliphatic heterocycles. The molecule has 0 bridgehead atoms. The van der Waals surface area contributed by atoms with Crippen LogP contribution in [0.5, 0.6) is 0 Å². The van der Waals surface area contributed by atoms with Gasteiger partial charge in [-0.1, -0.05) is 6.08 Å². The van der Waals surface area contributed by atoms with Crippen LogP contribution in [0.4, 0.5) is 5.82 Å². The average molecular weight is 249 g/mol. The van der Waals surface area contributed by atoms with Crippen molar-refractivity contribution in [3.05, 3.63) is 35.4 Å². The van der Waals surface area contributed by atoms with Gasteiger partial charge in [0.1, 0.15) is 0 Å². The van der Waals surface area contributed by atoms with Crippen molar-refractivity contribution in [1.29, 1.82) is 0 Å². The van der Waals surface area contributed by atoms with E-state index in [0.717, 1.165) is 19.3 Å². The van der Waals surface area contributed by atoms with Crippen LogP contribution in [-0.4, -0.2) is 29.3 Å². The largest absolute Gasteiger partial charge is 0.379 e. The molecular weight excluding hydrogens is 230 g/mol. The second kappa shape index (κ2) is 6.35. The number of ether oxygens (including phenoxy) is 1. The van der Waals surface area contributed by atoms with Gasteiger partial charge in [0.05, 0.1) is 13.2 Å². The highest BCUT2D eigenvalue weighted by molar-refractivity contribution is 5.31. The van der Waals surface area contributed by atoms with Gasteiger partial charge in [-0.2, -0.15) is 0 Å². The molecule has 1 heterocycles. The Hall–Kier alpha value is -1.62. The van der Waals surface area contributed by atoms with Gasteiger partial charge >= 0.3 is 0 Å². The molecule has 0 amide bonds. The molecule has 1 aromatic rings. The van der Waals surface area contributed by atoms with E-state index in [1.807, 2.05) is 6.08 Å². The van der Waals surface area contributed by atoms with Gasteiger partial charge in [-0.05, 0) is 19.3 Å². The van der Waals surface area contributed by atoms with Crippen LogP contribution in [0.2, 0.25) is 0 Å². The first-order chi connectivity index (χ1) is 8.83. The van der Waals surface area contributed by atoms with Gasteiger partial charge in [0.2, 0.25) is 0 Å². The summed E-state index contributed by atoms with van der Waals surface area (Å²) in [7, 11) is 0. The van der Waals surface area contributed by atoms with Crippen molar-refractivity contribution in [3.8, 4) is 0 Å². The van der Waals surface area contributed by atoms with Crippen LogP contribution >= 0.6 is 0 Å². The summed E-state index contributed by atoms with van der Waals surface area (Å²) < 4.78 is 7.11. The predicted octanol–water partition coefficient (Wildman–Crippen LogP) is 1.58. The third-order valence-corrected chi connectivity index (χ3v) is 2.81. The minimum atomic E-state index is -0.0360. The molecule has 0 saturated heterocycles. The van der Waals surface area contributed by atoms with Gasteiger partial charge < -0.3 is 14.6 Å². The van der Waals surface area contributed by atoms with E-state index >= 15 is 0 Å². The Morgan fingerprint density at radius 2 is 2.39 bits per heavy atom. The van der Waals surface area contributed by atoms with Gasteiger partial charge in [0, 0.05) is 25.0 Å². The van der Waals surface area contributed by atoms with Crippen LogP contribution < -0.4 is 10.9 Å². The molecule has 0 atom stereocenters. The lowest BCUT2D eigenvalue weighted by Gasteiger charge is -2.08. The Morgan fingerprint density at radius 1 is 1.56 bits per heavy atom. The van der Waals surface area contributed by atoms with Crippen molar-refractivity contribution in [2.45, 2.75) is 25.3 Å². The summed E-state index contributed by atoms with van der Waals surface area (Å²) in [5, 5.41) is 3.02. The van der Waals surface area contributed by atoms with E-state index in [1.165, 1.54) is 0 Å². The van der Waals surface area contributed by atoms with Crippen molar-refractivity contribution in [2.24, 2.45) is 0 Å². The summed E-state index contributed by atoms with van der Waals surface area (Å²) in [6, 6.07) is 0.380. The number of nitrogens with zero attached hydrogens (tertiary/aromatic N) is 2. The average Bonchev–Trinajstić information content (AvgIpc) is 3.20. The Labute approximate surface area is 106 Å². The highest BCUT2D eigenvalue weighted by Crippen LogP contribution is 2.33. The first-order valence-electron chi connectivity index (χ1n) is 6.32. The topological polar surface area (TPSA) is 56.1 Å². The Balaban J connectivity index is 1.80.